The fourth-order valence-electron chi connectivity index (χ4n) is 4.25. The average molecular weight is 437 g/mol. The molecule has 2 rings (SSSR count). The van der Waals surface area contributed by atoms with Crippen molar-refractivity contribution in [1.82, 2.24) is 10.6 Å². The Morgan fingerprint density at radius 2 is 1.93 bits per heavy atom. The first-order chi connectivity index (χ1) is 13.8. The van der Waals surface area contributed by atoms with Crippen LogP contribution in [0.5, 0.6) is 0 Å². The Hall–Kier alpha value is -0.450. The normalized spacial score (nSPS) is 37.2. The molecule has 0 bridgehead atoms. The summed E-state index contributed by atoms with van der Waals surface area (Å²) in [7, 11) is 0. The topological polar surface area (TPSA) is 111 Å². The van der Waals surface area contributed by atoms with Crippen LogP contribution in [-0.4, -0.2) is 82.6 Å². The highest BCUT2D eigenvalue weighted by atomic mass is 32.2. The quantitative estimate of drug-likeness (QED) is 0.383. The van der Waals surface area contributed by atoms with Crippen LogP contribution in [0.2, 0.25) is 0 Å². The Kier molecular flexibility index (Phi) is 10.1. The van der Waals surface area contributed by atoms with Gasteiger partial charge in [-0.25, -0.2) is 0 Å². The Bertz CT molecular complexity index is 513. The highest BCUT2D eigenvalue weighted by molar-refractivity contribution is 7.99. The third kappa shape index (κ3) is 6.51. The van der Waals surface area contributed by atoms with Gasteiger partial charge in [0.05, 0.1) is 18.8 Å². The molecule has 5 N–H and O–H groups in total. The first-order valence-electron chi connectivity index (χ1n) is 10.6. The van der Waals surface area contributed by atoms with Crippen molar-refractivity contribution in [3.8, 4) is 0 Å². The number of amides is 1. The molecule has 8 atom stereocenters. The number of halogens is 1. The van der Waals surface area contributed by atoms with Gasteiger partial charge in [0, 0.05) is 0 Å². The van der Waals surface area contributed by atoms with E-state index in [0.717, 1.165) is 19.3 Å². The molecule has 0 radical (unpaired) electrons. The van der Waals surface area contributed by atoms with Crippen LogP contribution in [0.25, 0.3) is 0 Å². The van der Waals surface area contributed by atoms with Crippen molar-refractivity contribution in [2.75, 3.05) is 19.5 Å². The third-order valence-electron chi connectivity index (χ3n) is 6.09. The van der Waals surface area contributed by atoms with E-state index in [0.29, 0.717) is 25.3 Å². The Morgan fingerprint density at radius 3 is 2.55 bits per heavy atom. The van der Waals surface area contributed by atoms with Crippen LogP contribution in [-0.2, 0) is 9.53 Å². The van der Waals surface area contributed by atoms with Gasteiger partial charge in [0.15, 0.2) is 0 Å². The summed E-state index contributed by atoms with van der Waals surface area (Å²) in [6.07, 6.45) is 1.01. The smallest absolute Gasteiger partial charge is 0.237 e. The Balaban J connectivity index is 2.01. The molecule has 2 fully saturated rings. The molecule has 7 nitrogen and oxygen atoms in total. The van der Waals surface area contributed by atoms with E-state index in [-0.39, 0.29) is 24.5 Å². The highest BCUT2D eigenvalue weighted by Crippen LogP contribution is 2.30. The fourth-order valence-corrected chi connectivity index (χ4v) is 4.93. The molecule has 2 heterocycles. The second-order valence-electron chi connectivity index (χ2n) is 8.52. The molecule has 2 saturated heterocycles. The van der Waals surface area contributed by atoms with Gasteiger partial charge in [-0.3, -0.25) is 9.18 Å². The first kappa shape index (κ1) is 24.8. The summed E-state index contributed by atoms with van der Waals surface area (Å²) in [5.41, 5.74) is -0.677. The number of hydrogen-bond acceptors (Lipinski definition) is 7. The number of carbonyl (C=O) groups is 1. The molecule has 1 amide bonds. The van der Waals surface area contributed by atoms with Crippen molar-refractivity contribution in [3.05, 3.63) is 0 Å². The SMILES string of the molecule is CSC1OC(C(NC(=O)C2CCC(CCCF)CCN2)C(C)C)C(O)C(O)C1O. The lowest BCUT2D eigenvalue weighted by Crippen LogP contribution is -2.64. The predicted octanol–water partition coefficient (Wildman–Crippen LogP) is 0.806. The number of nitrogens with one attached hydrogen (secondary N) is 2. The second-order valence-corrected chi connectivity index (χ2v) is 9.46. The van der Waals surface area contributed by atoms with Crippen molar-refractivity contribution in [1.29, 1.82) is 0 Å². The summed E-state index contributed by atoms with van der Waals surface area (Å²) in [6, 6.07) is -0.860. The molecular weight excluding hydrogens is 399 g/mol. The van der Waals surface area contributed by atoms with Crippen LogP contribution >= 0.6 is 11.8 Å². The van der Waals surface area contributed by atoms with Gasteiger partial charge in [-0.2, -0.15) is 0 Å². The minimum absolute atomic E-state index is 0.0494. The lowest BCUT2D eigenvalue weighted by Gasteiger charge is -2.44. The standard InChI is InChI=1S/C20H37FN2O5S/c1-11(2)14(18-16(25)15(24)17(26)20(28-18)29-3)23-19(27)13-7-6-12(5-4-9-21)8-10-22-13/h11-18,20,22,24-26H,4-10H2,1-3H3,(H,23,27). The minimum Gasteiger partial charge on any atom is -0.388 e. The number of carbonyl (C=O) groups excluding carboxylic acids is 1. The lowest BCUT2D eigenvalue weighted by atomic mass is 9.88. The number of hydrogen-bond donors (Lipinski definition) is 5. The maximum Gasteiger partial charge on any atom is 0.237 e. The van der Waals surface area contributed by atoms with Gasteiger partial charge in [0.2, 0.25) is 5.91 Å². The van der Waals surface area contributed by atoms with Crippen molar-refractivity contribution < 1.29 is 29.2 Å². The van der Waals surface area contributed by atoms with Crippen molar-refractivity contribution >= 4 is 17.7 Å². The molecule has 0 spiro atoms. The Morgan fingerprint density at radius 1 is 1.21 bits per heavy atom. The zero-order valence-corrected chi connectivity index (χ0v) is 18.4. The summed E-state index contributed by atoms with van der Waals surface area (Å²) in [5, 5.41) is 37.1. The Labute approximate surface area is 177 Å². The van der Waals surface area contributed by atoms with Crippen LogP contribution in [0.15, 0.2) is 0 Å². The second kappa shape index (κ2) is 11.8. The molecule has 2 aliphatic rings. The van der Waals surface area contributed by atoms with Crippen LogP contribution < -0.4 is 10.6 Å². The van der Waals surface area contributed by atoms with Crippen LogP contribution in [0, 0.1) is 11.8 Å². The molecule has 8 unspecified atom stereocenters. The maximum atomic E-state index is 12.9. The number of alkyl halides is 1. The van der Waals surface area contributed by atoms with E-state index in [9.17, 15) is 24.5 Å². The van der Waals surface area contributed by atoms with Gasteiger partial charge in [0.1, 0.15) is 29.9 Å². The van der Waals surface area contributed by atoms with Gasteiger partial charge in [-0.1, -0.05) is 13.8 Å². The molecule has 9 heteroatoms. The van der Waals surface area contributed by atoms with Crippen molar-refractivity contribution in [2.24, 2.45) is 11.8 Å². The molecule has 170 valence electrons. The summed E-state index contributed by atoms with van der Waals surface area (Å²) in [4.78, 5) is 12.9. The van der Waals surface area contributed by atoms with Gasteiger partial charge >= 0.3 is 0 Å². The lowest BCUT2D eigenvalue weighted by molar-refractivity contribution is -0.208. The molecule has 0 saturated carbocycles. The van der Waals surface area contributed by atoms with E-state index >= 15 is 0 Å². The summed E-state index contributed by atoms with van der Waals surface area (Å²) >= 11 is 1.25. The minimum atomic E-state index is -1.34. The molecule has 0 aliphatic carbocycles. The zero-order chi connectivity index (χ0) is 21.6. The summed E-state index contributed by atoms with van der Waals surface area (Å²) < 4.78 is 18.3. The highest BCUT2D eigenvalue weighted by Gasteiger charge is 2.47. The summed E-state index contributed by atoms with van der Waals surface area (Å²) in [6.45, 7) is 4.24. The number of thioether (sulfide) groups is 1. The fraction of sp³-hybridized carbons (Fsp3) is 0.950. The largest absolute Gasteiger partial charge is 0.388 e. The van der Waals surface area contributed by atoms with Crippen LogP contribution in [0.4, 0.5) is 4.39 Å². The van der Waals surface area contributed by atoms with Gasteiger partial charge in [-0.05, 0) is 56.7 Å². The molecular formula is C20H37FN2O5S. The summed E-state index contributed by atoms with van der Waals surface area (Å²) in [5.74, 6) is 0.220. The van der Waals surface area contributed by atoms with E-state index in [1.165, 1.54) is 11.8 Å². The van der Waals surface area contributed by atoms with Crippen molar-refractivity contribution in [2.45, 2.75) is 87.9 Å². The van der Waals surface area contributed by atoms with Crippen LogP contribution in [0.1, 0.15) is 46.0 Å². The first-order valence-corrected chi connectivity index (χ1v) is 11.9. The monoisotopic (exact) mass is 436 g/mol. The molecule has 2 aliphatic heterocycles. The molecule has 29 heavy (non-hydrogen) atoms. The number of ether oxygens (including phenoxy) is 1. The van der Waals surface area contributed by atoms with Crippen LogP contribution in [0.3, 0.4) is 0 Å². The third-order valence-corrected chi connectivity index (χ3v) is 6.94. The molecule has 0 aromatic rings. The number of aliphatic hydroxyl groups is 3. The van der Waals surface area contributed by atoms with E-state index in [2.05, 4.69) is 10.6 Å². The predicted molar refractivity (Wildman–Crippen MR) is 111 cm³/mol. The number of rotatable bonds is 8. The average Bonchev–Trinajstić information content (AvgIpc) is 2.95. The van der Waals surface area contributed by atoms with E-state index in [4.69, 9.17) is 4.74 Å². The van der Waals surface area contributed by atoms with E-state index in [1.54, 1.807) is 6.26 Å². The van der Waals surface area contributed by atoms with Gasteiger partial charge < -0.3 is 30.7 Å². The molecule has 0 aromatic carbocycles. The number of aliphatic hydroxyl groups excluding tert-OH is 3. The van der Waals surface area contributed by atoms with E-state index in [1.807, 2.05) is 13.8 Å². The van der Waals surface area contributed by atoms with Gasteiger partial charge in [0.25, 0.3) is 0 Å². The molecule has 0 aromatic heterocycles. The van der Waals surface area contributed by atoms with Crippen molar-refractivity contribution in [3.63, 3.8) is 0 Å². The maximum absolute atomic E-state index is 12.9. The van der Waals surface area contributed by atoms with E-state index < -0.39 is 35.9 Å². The zero-order valence-electron chi connectivity index (χ0n) is 17.6. The van der Waals surface area contributed by atoms with Gasteiger partial charge in [-0.15, -0.1) is 11.8 Å².